The Morgan fingerprint density at radius 1 is 0.927 bits per heavy atom. The Bertz CT molecular complexity index is 1460. The second kappa shape index (κ2) is 13.7. The Kier molecular flexibility index (Phi) is 10.3. The van der Waals surface area contributed by atoms with Gasteiger partial charge < -0.3 is 10.2 Å². The number of anilines is 1. The molecule has 0 bridgehead atoms. The van der Waals surface area contributed by atoms with E-state index in [1.807, 2.05) is 6.92 Å². The predicted molar refractivity (Wildman–Crippen MR) is 164 cm³/mol. The topological polar surface area (TPSA) is 86.8 Å². The molecule has 41 heavy (non-hydrogen) atoms. The molecule has 0 aromatic heterocycles. The molecule has 0 aliphatic heterocycles. The van der Waals surface area contributed by atoms with E-state index in [2.05, 4.69) is 5.32 Å². The molecule has 4 rings (SSSR count). The van der Waals surface area contributed by atoms with Crippen molar-refractivity contribution in [2.75, 3.05) is 10.8 Å². The summed E-state index contributed by atoms with van der Waals surface area (Å²) in [6.45, 7) is 3.08. The highest BCUT2D eigenvalue weighted by Crippen LogP contribution is 2.27. The van der Waals surface area contributed by atoms with Gasteiger partial charge in [0.25, 0.3) is 10.0 Å². The highest BCUT2D eigenvalue weighted by molar-refractivity contribution is 7.92. The summed E-state index contributed by atoms with van der Waals surface area (Å²) >= 11 is 12.4. The molecule has 0 radical (unpaired) electrons. The Hall–Kier alpha value is -3.07. The van der Waals surface area contributed by atoms with Crippen LogP contribution < -0.4 is 9.62 Å². The number of carbonyl (C=O) groups is 2. The SMILES string of the molecule is Cc1ccc(S(=O)(=O)N(CC(=O)N(Cc2ccc(Cl)c(Cl)c2)[C@H](C)C(=O)NC2CCCCC2)c2ccccc2)cc1. The smallest absolute Gasteiger partial charge is 0.264 e. The average molecular weight is 617 g/mol. The number of halogens is 2. The molecule has 1 fully saturated rings. The number of nitrogens with one attached hydrogen (secondary N) is 1. The van der Waals surface area contributed by atoms with E-state index in [0.29, 0.717) is 21.3 Å². The van der Waals surface area contributed by atoms with Crippen molar-refractivity contribution in [3.63, 3.8) is 0 Å². The van der Waals surface area contributed by atoms with E-state index in [4.69, 9.17) is 23.2 Å². The van der Waals surface area contributed by atoms with E-state index < -0.39 is 28.5 Å². The first kappa shape index (κ1) is 30.9. The monoisotopic (exact) mass is 615 g/mol. The maximum atomic E-state index is 14.0. The fourth-order valence-corrected chi connectivity index (χ4v) is 6.68. The molecule has 3 aromatic rings. The van der Waals surface area contributed by atoms with Crippen LogP contribution in [0.2, 0.25) is 10.0 Å². The molecule has 3 aromatic carbocycles. The van der Waals surface area contributed by atoms with Crippen molar-refractivity contribution in [1.82, 2.24) is 10.2 Å². The van der Waals surface area contributed by atoms with Crippen molar-refractivity contribution < 1.29 is 18.0 Å². The van der Waals surface area contributed by atoms with Crippen LogP contribution in [0.1, 0.15) is 50.2 Å². The van der Waals surface area contributed by atoms with E-state index in [1.54, 1.807) is 67.6 Å². The minimum absolute atomic E-state index is 0.0438. The van der Waals surface area contributed by atoms with Gasteiger partial charge in [0.1, 0.15) is 12.6 Å². The Morgan fingerprint density at radius 3 is 2.22 bits per heavy atom. The van der Waals surface area contributed by atoms with Crippen molar-refractivity contribution in [2.24, 2.45) is 0 Å². The molecule has 0 spiro atoms. The number of sulfonamides is 1. The summed E-state index contributed by atoms with van der Waals surface area (Å²) in [5.74, 6) is -0.806. The number of hydrogen-bond acceptors (Lipinski definition) is 4. The van der Waals surface area contributed by atoms with Gasteiger partial charge in [0.05, 0.1) is 20.6 Å². The number of hydrogen-bond donors (Lipinski definition) is 1. The van der Waals surface area contributed by atoms with Crippen LogP contribution >= 0.6 is 23.2 Å². The Morgan fingerprint density at radius 2 is 1.59 bits per heavy atom. The van der Waals surface area contributed by atoms with Gasteiger partial charge in [-0.05, 0) is 68.7 Å². The van der Waals surface area contributed by atoms with Gasteiger partial charge in [-0.1, -0.05) is 84.4 Å². The Balaban J connectivity index is 1.66. The largest absolute Gasteiger partial charge is 0.352 e. The quantitative estimate of drug-likeness (QED) is 0.287. The molecule has 1 saturated carbocycles. The van der Waals surface area contributed by atoms with Crippen molar-refractivity contribution >= 4 is 50.7 Å². The zero-order chi connectivity index (χ0) is 29.6. The number of carbonyl (C=O) groups excluding carboxylic acids is 2. The van der Waals surface area contributed by atoms with Crippen LogP contribution in [-0.4, -0.2) is 43.8 Å². The van der Waals surface area contributed by atoms with Gasteiger partial charge in [-0.25, -0.2) is 8.42 Å². The number of nitrogens with zero attached hydrogens (tertiary/aromatic N) is 2. The molecule has 1 atom stereocenters. The molecule has 7 nitrogen and oxygen atoms in total. The summed E-state index contributed by atoms with van der Waals surface area (Å²) in [5.41, 5.74) is 1.92. The van der Waals surface area contributed by atoms with E-state index >= 15 is 0 Å². The van der Waals surface area contributed by atoms with E-state index in [-0.39, 0.29) is 23.4 Å². The summed E-state index contributed by atoms with van der Waals surface area (Å²) in [7, 11) is -4.11. The summed E-state index contributed by atoms with van der Waals surface area (Å²) in [6, 6.07) is 19.2. The van der Waals surface area contributed by atoms with Gasteiger partial charge in [-0.2, -0.15) is 0 Å². The maximum absolute atomic E-state index is 14.0. The summed E-state index contributed by atoms with van der Waals surface area (Å²) < 4.78 is 28.8. The average Bonchev–Trinajstić information content (AvgIpc) is 2.97. The van der Waals surface area contributed by atoms with Crippen LogP contribution in [0.15, 0.2) is 77.7 Å². The number of benzene rings is 3. The van der Waals surface area contributed by atoms with Crippen molar-refractivity contribution in [3.8, 4) is 0 Å². The predicted octanol–water partition coefficient (Wildman–Crippen LogP) is 6.36. The van der Waals surface area contributed by atoms with Crippen LogP contribution in [0, 0.1) is 6.92 Å². The number of para-hydroxylation sites is 1. The lowest BCUT2D eigenvalue weighted by molar-refractivity contribution is -0.139. The number of amides is 2. The van der Waals surface area contributed by atoms with Gasteiger partial charge in [-0.3, -0.25) is 13.9 Å². The second-order valence-electron chi connectivity index (χ2n) is 10.4. The minimum atomic E-state index is -4.11. The minimum Gasteiger partial charge on any atom is -0.352 e. The number of aryl methyl sites for hydroxylation is 1. The number of rotatable bonds is 10. The fourth-order valence-electron chi connectivity index (χ4n) is 4.95. The zero-order valence-corrected chi connectivity index (χ0v) is 25.6. The van der Waals surface area contributed by atoms with Crippen molar-refractivity contribution in [3.05, 3.63) is 94.0 Å². The first-order chi connectivity index (χ1) is 19.6. The summed E-state index contributed by atoms with van der Waals surface area (Å²) in [6.07, 6.45) is 5.04. The molecule has 0 unspecified atom stereocenters. The molecule has 1 aliphatic rings. The maximum Gasteiger partial charge on any atom is 0.264 e. The van der Waals surface area contributed by atoms with Crippen LogP contribution in [0.25, 0.3) is 0 Å². The second-order valence-corrected chi connectivity index (χ2v) is 13.1. The summed E-state index contributed by atoms with van der Waals surface area (Å²) in [4.78, 5) is 28.9. The third-order valence-electron chi connectivity index (χ3n) is 7.39. The van der Waals surface area contributed by atoms with E-state index in [1.165, 1.54) is 17.0 Å². The van der Waals surface area contributed by atoms with E-state index in [0.717, 1.165) is 42.0 Å². The van der Waals surface area contributed by atoms with Crippen LogP contribution in [0.5, 0.6) is 0 Å². The Labute approximate surface area is 252 Å². The zero-order valence-electron chi connectivity index (χ0n) is 23.2. The van der Waals surface area contributed by atoms with Gasteiger partial charge >= 0.3 is 0 Å². The molecule has 2 amide bonds. The molecular weight excluding hydrogens is 581 g/mol. The molecule has 218 valence electrons. The highest BCUT2D eigenvalue weighted by atomic mass is 35.5. The standard InChI is InChI=1S/C31H35Cl2N3O4S/c1-22-13-16-27(17-14-22)41(39,40)36(26-11-7-4-8-12-26)21-30(37)35(20-24-15-18-28(32)29(33)19-24)23(2)31(38)34-25-9-5-3-6-10-25/h4,7-8,11-19,23,25H,3,5-6,9-10,20-21H2,1-2H3,(H,34,38)/t23-/m1/s1. The third kappa shape index (κ3) is 7.82. The third-order valence-corrected chi connectivity index (χ3v) is 9.91. The molecule has 1 aliphatic carbocycles. The lowest BCUT2D eigenvalue weighted by Gasteiger charge is -2.33. The van der Waals surface area contributed by atoms with E-state index in [9.17, 15) is 18.0 Å². The molecule has 1 N–H and O–H groups in total. The molecule has 0 saturated heterocycles. The molecule has 10 heteroatoms. The van der Waals surface area contributed by atoms with Crippen LogP contribution in [-0.2, 0) is 26.2 Å². The van der Waals surface area contributed by atoms with Crippen LogP contribution in [0.4, 0.5) is 5.69 Å². The normalized spacial score (nSPS) is 14.7. The van der Waals surface area contributed by atoms with Gasteiger partial charge in [0, 0.05) is 12.6 Å². The van der Waals surface area contributed by atoms with Crippen molar-refractivity contribution in [1.29, 1.82) is 0 Å². The van der Waals surface area contributed by atoms with Gasteiger partial charge in [-0.15, -0.1) is 0 Å². The molecule has 0 heterocycles. The lowest BCUT2D eigenvalue weighted by atomic mass is 9.95. The lowest BCUT2D eigenvalue weighted by Crippen LogP contribution is -2.53. The van der Waals surface area contributed by atoms with Gasteiger partial charge in [0.2, 0.25) is 11.8 Å². The molecular formula is C31H35Cl2N3O4S. The first-order valence-electron chi connectivity index (χ1n) is 13.7. The van der Waals surface area contributed by atoms with Crippen LogP contribution in [0.3, 0.4) is 0 Å². The van der Waals surface area contributed by atoms with Gasteiger partial charge in [0.15, 0.2) is 0 Å². The first-order valence-corrected chi connectivity index (χ1v) is 15.9. The fraction of sp³-hybridized carbons (Fsp3) is 0.355. The van der Waals surface area contributed by atoms with Crippen molar-refractivity contribution in [2.45, 2.75) is 69.5 Å². The highest BCUT2D eigenvalue weighted by Gasteiger charge is 2.33. The summed E-state index contributed by atoms with van der Waals surface area (Å²) in [5, 5.41) is 3.79.